The van der Waals surface area contributed by atoms with Gasteiger partial charge in [0.05, 0.1) is 6.33 Å². The third-order valence-corrected chi connectivity index (χ3v) is 4.02. The third kappa shape index (κ3) is 2.69. The van der Waals surface area contributed by atoms with Crippen LogP contribution in [-0.4, -0.2) is 46.1 Å². The van der Waals surface area contributed by atoms with Gasteiger partial charge in [0.1, 0.15) is 0 Å². The minimum atomic E-state index is 0.688. The van der Waals surface area contributed by atoms with Crippen LogP contribution in [0.1, 0.15) is 31.9 Å². The molecule has 0 radical (unpaired) electrons. The molecule has 1 aliphatic carbocycles. The van der Waals surface area contributed by atoms with Crippen molar-refractivity contribution in [2.24, 2.45) is 0 Å². The van der Waals surface area contributed by atoms with Crippen LogP contribution in [0.5, 0.6) is 0 Å². The number of hydrogen-bond acceptors (Lipinski definition) is 3. The topological polar surface area (TPSA) is 44.0 Å². The van der Waals surface area contributed by atoms with Gasteiger partial charge in [0, 0.05) is 49.5 Å². The first-order valence-electron chi connectivity index (χ1n) is 6.79. The van der Waals surface area contributed by atoms with Gasteiger partial charge in [-0.25, -0.2) is 4.98 Å². The molecule has 0 amide bonds. The smallest absolute Gasteiger partial charge is 0.0921 e. The van der Waals surface area contributed by atoms with Crippen LogP contribution in [0.2, 0.25) is 0 Å². The zero-order chi connectivity index (χ0) is 11.7. The molecule has 4 nitrogen and oxygen atoms in total. The Balaban J connectivity index is 1.41. The van der Waals surface area contributed by atoms with Crippen LogP contribution in [0.4, 0.5) is 0 Å². The lowest BCUT2D eigenvalue weighted by atomic mass is 10.2. The van der Waals surface area contributed by atoms with E-state index in [0.717, 1.165) is 25.0 Å². The number of H-pyrrole nitrogens is 1. The zero-order valence-corrected chi connectivity index (χ0v) is 10.5. The van der Waals surface area contributed by atoms with Gasteiger partial charge >= 0.3 is 0 Å². The van der Waals surface area contributed by atoms with E-state index in [-0.39, 0.29) is 0 Å². The number of aromatic nitrogens is 2. The molecule has 94 valence electrons. The van der Waals surface area contributed by atoms with Crippen molar-refractivity contribution in [1.29, 1.82) is 0 Å². The first-order chi connectivity index (χ1) is 8.33. The van der Waals surface area contributed by atoms with Crippen LogP contribution in [0.25, 0.3) is 0 Å². The summed E-state index contributed by atoms with van der Waals surface area (Å²) < 4.78 is 0. The van der Waals surface area contributed by atoms with E-state index in [9.17, 15) is 0 Å². The molecular weight excluding hydrogens is 212 g/mol. The maximum absolute atomic E-state index is 4.04. The Morgan fingerprint density at radius 3 is 3.12 bits per heavy atom. The van der Waals surface area contributed by atoms with Crippen molar-refractivity contribution in [3.05, 3.63) is 18.2 Å². The predicted molar refractivity (Wildman–Crippen MR) is 67.9 cm³/mol. The Kier molecular flexibility index (Phi) is 3.16. The van der Waals surface area contributed by atoms with Gasteiger partial charge in [-0.2, -0.15) is 0 Å². The van der Waals surface area contributed by atoms with Crippen molar-refractivity contribution in [2.45, 2.75) is 50.7 Å². The number of likely N-dealkylation sites (tertiary alicyclic amines) is 1. The Bertz CT molecular complexity index is 344. The molecule has 0 aromatic carbocycles. The van der Waals surface area contributed by atoms with E-state index < -0.39 is 0 Å². The molecule has 17 heavy (non-hydrogen) atoms. The molecule has 2 heterocycles. The minimum Gasteiger partial charge on any atom is -0.348 e. The molecule has 2 fully saturated rings. The van der Waals surface area contributed by atoms with Crippen LogP contribution in [0.15, 0.2) is 12.5 Å². The van der Waals surface area contributed by atoms with E-state index in [0.29, 0.717) is 6.04 Å². The van der Waals surface area contributed by atoms with Crippen LogP contribution in [0, 0.1) is 0 Å². The Labute approximate surface area is 103 Å². The molecule has 4 heteroatoms. The number of rotatable bonds is 5. The molecule has 1 aromatic rings. The number of imidazole rings is 1. The summed E-state index contributed by atoms with van der Waals surface area (Å²) in [6.07, 6.45) is 8.86. The summed E-state index contributed by atoms with van der Waals surface area (Å²) in [5.41, 5.74) is 1.22. The standard InChI is InChI=1S/C13H22N4/c1-10-6-12(8-17(10)13-2-3-13)15-5-4-11-7-14-9-16-11/h7,9-10,12-13,15H,2-6,8H2,1H3,(H,14,16). The van der Waals surface area contributed by atoms with E-state index >= 15 is 0 Å². The van der Waals surface area contributed by atoms with Gasteiger partial charge in [-0.05, 0) is 26.2 Å². The highest BCUT2D eigenvalue weighted by molar-refractivity contribution is 4.98. The lowest BCUT2D eigenvalue weighted by Gasteiger charge is -2.19. The maximum Gasteiger partial charge on any atom is 0.0921 e. The van der Waals surface area contributed by atoms with Crippen LogP contribution < -0.4 is 5.32 Å². The fourth-order valence-corrected chi connectivity index (χ4v) is 2.95. The second-order valence-electron chi connectivity index (χ2n) is 5.49. The highest BCUT2D eigenvalue weighted by atomic mass is 15.3. The van der Waals surface area contributed by atoms with E-state index in [1.165, 1.54) is 31.5 Å². The lowest BCUT2D eigenvalue weighted by Crippen LogP contribution is -2.35. The molecule has 1 aromatic heterocycles. The molecule has 2 unspecified atom stereocenters. The average molecular weight is 234 g/mol. The van der Waals surface area contributed by atoms with E-state index in [1.54, 1.807) is 6.33 Å². The number of nitrogens with one attached hydrogen (secondary N) is 2. The van der Waals surface area contributed by atoms with Crippen LogP contribution in [0.3, 0.4) is 0 Å². The fourth-order valence-electron chi connectivity index (χ4n) is 2.95. The number of nitrogens with zero attached hydrogens (tertiary/aromatic N) is 2. The molecule has 3 rings (SSSR count). The molecule has 1 saturated carbocycles. The molecule has 2 aliphatic rings. The minimum absolute atomic E-state index is 0.688. The van der Waals surface area contributed by atoms with Gasteiger partial charge in [-0.15, -0.1) is 0 Å². The molecule has 2 N–H and O–H groups in total. The largest absolute Gasteiger partial charge is 0.348 e. The Hall–Kier alpha value is -0.870. The van der Waals surface area contributed by atoms with Gasteiger partial charge in [-0.3, -0.25) is 4.90 Å². The first-order valence-corrected chi connectivity index (χ1v) is 6.79. The third-order valence-electron chi connectivity index (χ3n) is 4.02. The molecule has 0 bridgehead atoms. The van der Waals surface area contributed by atoms with Gasteiger partial charge in [0.2, 0.25) is 0 Å². The van der Waals surface area contributed by atoms with Gasteiger partial charge in [0.25, 0.3) is 0 Å². The quantitative estimate of drug-likeness (QED) is 0.803. The van der Waals surface area contributed by atoms with Crippen LogP contribution >= 0.6 is 0 Å². The second kappa shape index (κ2) is 4.78. The highest BCUT2D eigenvalue weighted by Gasteiger charge is 2.38. The van der Waals surface area contributed by atoms with E-state index in [1.807, 2.05) is 6.20 Å². The van der Waals surface area contributed by atoms with E-state index in [2.05, 4.69) is 27.1 Å². The van der Waals surface area contributed by atoms with Crippen molar-refractivity contribution in [3.8, 4) is 0 Å². The van der Waals surface area contributed by atoms with Crippen LogP contribution in [-0.2, 0) is 6.42 Å². The summed E-state index contributed by atoms with van der Waals surface area (Å²) in [6.45, 7) is 4.67. The van der Waals surface area contributed by atoms with Gasteiger partial charge in [0.15, 0.2) is 0 Å². The first kappa shape index (κ1) is 11.2. The Morgan fingerprint density at radius 2 is 2.41 bits per heavy atom. The summed E-state index contributed by atoms with van der Waals surface area (Å²) in [5, 5.41) is 3.67. The monoisotopic (exact) mass is 234 g/mol. The molecule has 0 spiro atoms. The zero-order valence-electron chi connectivity index (χ0n) is 10.5. The van der Waals surface area contributed by atoms with Crippen molar-refractivity contribution >= 4 is 0 Å². The highest BCUT2D eigenvalue weighted by Crippen LogP contribution is 2.33. The van der Waals surface area contributed by atoms with Gasteiger partial charge in [-0.1, -0.05) is 0 Å². The summed E-state index contributed by atoms with van der Waals surface area (Å²) in [6, 6.07) is 2.37. The SMILES string of the molecule is CC1CC(NCCc2cnc[nH]2)CN1C1CC1. The average Bonchev–Trinajstić information content (AvgIpc) is 2.89. The maximum atomic E-state index is 4.04. The van der Waals surface area contributed by atoms with E-state index in [4.69, 9.17) is 0 Å². The summed E-state index contributed by atoms with van der Waals surface area (Å²) in [7, 11) is 0. The van der Waals surface area contributed by atoms with Crippen molar-refractivity contribution in [2.75, 3.05) is 13.1 Å². The van der Waals surface area contributed by atoms with Crippen molar-refractivity contribution < 1.29 is 0 Å². The normalized spacial score (nSPS) is 29.9. The lowest BCUT2D eigenvalue weighted by molar-refractivity contribution is 0.255. The fraction of sp³-hybridized carbons (Fsp3) is 0.769. The molecule has 2 atom stereocenters. The van der Waals surface area contributed by atoms with Crippen molar-refractivity contribution in [3.63, 3.8) is 0 Å². The molecular formula is C13H22N4. The second-order valence-corrected chi connectivity index (χ2v) is 5.49. The Morgan fingerprint density at radius 1 is 1.53 bits per heavy atom. The summed E-state index contributed by atoms with van der Waals surface area (Å²) >= 11 is 0. The number of hydrogen-bond donors (Lipinski definition) is 2. The van der Waals surface area contributed by atoms with Gasteiger partial charge < -0.3 is 10.3 Å². The summed E-state index contributed by atoms with van der Waals surface area (Å²) in [5.74, 6) is 0. The summed E-state index contributed by atoms with van der Waals surface area (Å²) in [4.78, 5) is 9.87. The predicted octanol–water partition coefficient (Wildman–Crippen LogP) is 1.17. The van der Waals surface area contributed by atoms with Crippen molar-refractivity contribution in [1.82, 2.24) is 20.2 Å². The number of aromatic amines is 1. The molecule has 1 saturated heterocycles. The molecule has 1 aliphatic heterocycles.